The highest BCUT2D eigenvalue weighted by Crippen LogP contribution is 2.20. The molecular formula is C14H22N2O3S. The highest BCUT2D eigenvalue weighted by atomic mass is 32.2. The normalized spacial score (nSPS) is 19.9. The summed E-state index contributed by atoms with van der Waals surface area (Å²) in [6.07, 6.45) is 1.07. The maximum absolute atomic E-state index is 12.5. The summed E-state index contributed by atoms with van der Waals surface area (Å²) in [5, 5.41) is 9.24. The second-order valence-corrected chi connectivity index (χ2v) is 7.13. The van der Waals surface area contributed by atoms with Gasteiger partial charge in [0, 0.05) is 32.2 Å². The summed E-state index contributed by atoms with van der Waals surface area (Å²) >= 11 is 0. The molecule has 1 unspecified atom stereocenters. The predicted molar refractivity (Wildman–Crippen MR) is 78.2 cm³/mol. The van der Waals surface area contributed by atoms with E-state index in [0.29, 0.717) is 19.1 Å². The Morgan fingerprint density at radius 3 is 2.20 bits per heavy atom. The van der Waals surface area contributed by atoms with E-state index in [1.165, 1.54) is 28.6 Å². The molecule has 1 N–H and O–H groups in total. The van der Waals surface area contributed by atoms with Gasteiger partial charge < -0.3 is 5.11 Å². The van der Waals surface area contributed by atoms with Crippen LogP contribution in [0.25, 0.3) is 0 Å². The molecule has 1 atom stereocenters. The molecule has 112 valence electrons. The first-order valence-corrected chi connectivity index (χ1v) is 8.42. The van der Waals surface area contributed by atoms with Crippen LogP contribution in [-0.2, 0) is 10.0 Å². The number of hydrogen-bond acceptors (Lipinski definition) is 4. The van der Waals surface area contributed by atoms with Crippen LogP contribution in [0.5, 0.6) is 5.75 Å². The van der Waals surface area contributed by atoms with Crippen molar-refractivity contribution in [2.24, 2.45) is 0 Å². The maximum atomic E-state index is 12.5. The third-order valence-corrected chi connectivity index (χ3v) is 5.87. The van der Waals surface area contributed by atoms with Crippen LogP contribution in [0.1, 0.15) is 20.3 Å². The van der Waals surface area contributed by atoms with Crippen molar-refractivity contribution in [3.8, 4) is 5.75 Å². The second-order valence-electron chi connectivity index (χ2n) is 5.19. The minimum absolute atomic E-state index is 0.0746. The lowest BCUT2D eigenvalue weighted by atomic mass is 10.2. The van der Waals surface area contributed by atoms with E-state index in [1.54, 1.807) is 0 Å². The van der Waals surface area contributed by atoms with Gasteiger partial charge in [0.05, 0.1) is 4.90 Å². The first kappa shape index (κ1) is 15.3. The average molecular weight is 298 g/mol. The van der Waals surface area contributed by atoms with E-state index in [1.807, 2.05) is 0 Å². The Morgan fingerprint density at radius 1 is 1.15 bits per heavy atom. The molecule has 1 aliphatic rings. The lowest BCUT2D eigenvalue weighted by molar-refractivity contribution is 0.142. The Morgan fingerprint density at radius 2 is 1.70 bits per heavy atom. The minimum Gasteiger partial charge on any atom is -0.508 e. The summed E-state index contributed by atoms with van der Waals surface area (Å²) in [5.74, 6) is 0.0746. The summed E-state index contributed by atoms with van der Waals surface area (Å²) in [6.45, 7) is 6.90. The molecular weight excluding hydrogens is 276 g/mol. The number of aromatic hydroxyl groups is 1. The Bertz CT molecular complexity index is 534. The number of benzene rings is 1. The van der Waals surface area contributed by atoms with Crippen LogP contribution in [0.2, 0.25) is 0 Å². The van der Waals surface area contributed by atoms with Gasteiger partial charge in [-0.25, -0.2) is 8.42 Å². The van der Waals surface area contributed by atoms with Crippen molar-refractivity contribution in [3.63, 3.8) is 0 Å². The largest absolute Gasteiger partial charge is 0.508 e. The lowest BCUT2D eigenvalue weighted by Crippen LogP contribution is -2.51. The SMILES string of the molecule is CCC(C)N1CCN(S(=O)(=O)c2ccc(O)cc2)CC1. The van der Waals surface area contributed by atoms with Gasteiger partial charge in [-0.15, -0.1) is 0 Å². The van der Waals surface area contributed by atoms with Gasteiger partial charge >= 0.3 is 0 Å². The molecule has 0 saturated carbocycles. The predicted octanol–water partition coefficient (Wildman–Crippen LogP) is 1.50. The van der Waals surface area contributed by atoms with Gasteiger partial charge in [-0.2, -0.15) is 4.31 Å². The monoisotopic (exact) mass is 298 g/mol. The standard InChI is InChI=1S/C14H22N2O3S/c1-3-12(2)15-8-10-16(11-9-15)20(18,19)14-6-4-13(17)5-7-14/h4-7,12,17H,3,8-11H2,1-2H3. The fraction of sp³-hybridized carbons (Fsp3) is 0.571. The third kappa shape index (κ3) is 3.13. The van der Waals surface area contributed by atoms with Gasteiger partial charge in [-0.1, -0.05) is 6.92 Å². The number of hydrogen-bond donors (Lipinski definition) is 1. The molecule has 2 rings (SSSR count). The van der Waals surface area contributed by atoms with E-state index in [-0.39, 0.29) is 10.6 Å². The highest BCUT2D eigenvalue weighted by molar-refractivity contribution is 7.89. The van der Waals surface area contributed by atoms with E-state index in [9.17, 15) is 13.5 Å². The quantitative estimate of drug-likeness (QED) is 0.915. The molecule has 0 bridgehead atoms. The van der Waals surface area contributed by atoms with Crippen LogP contribution in [0.4, 0.5) is 0 Å². The van der Waals surface area contributed by atoms with Crippen molar-refractivity contribution in [2.75, 3.05) is 26.2 Å². The molecule has 1 fully saturated rings. The summed E-state index contributed by atoms with van der Waals surface area (Å²) in [6, 6.07) is 6.20. The fourth-order valence-electron chi connectivity index (χ4n) is 2.41. The van der Waals surface area contributed by atoms with Gasteiger partial charge in [0.15, 0.2) is 0 Å². The van der Waals surface area contributed by atoms with Gasteiger partial charge in [0.25, 0.3) is 0 Å². The molecule has 1 aromatic rings. The van der Waals surface area contributed by atoms with Crippen LogP contribution in [0.3, 0.4) is 0 Å². The first-order chi connectivity index (χ1) is 9.45. The summed E-state index contributed by atoms with van der Waals surface area (Å²) in [5.41, 5.74) is 0. The smallest absolute Gasteiger partial charge is 0.243 e. The Kier molecular flexibility index (Phi) is 4.67. The Hall–Kier alpha value is -1.11. The van der Waals surface area contributed by atoms with Crippen molar-refractivity contribution < 1.29 is 13.5 Å². The summed E-state index contributed by atoms with van der Waals surface area (Å²) in [4.78, 5) is 2.57. The maximum Gasteiger partial charge on any atom is 0.243 e. The summed E-state index contributed by atoms with van der Waals surface area (Å²) < 4.78 is 26.5. The van der Waals surface area contributed by atoms with Crippen molar-refractivity contribution in [1.82, 2.24) is 9.21 Å². The van der Waals surface area contributed by atoms with Crippen molar-refractivity contribution in [3.05, 3.63) is 24.3 Å². The molecule has 0 amide bonds. The molecule has 1 heterocycles. The van der Waals surface area contributed by atoms with Crippen LogP contribution < -0.4 is 0 Å². The number of piperazine rings is 1. The van der Waals surface area contributed by atoms with E-state index < -0.39 is 10.0 Å². The minimum atomic E-state index is -3.44. The molecule has 1 aromatic carbocycles. The fourth-order valence-corrected chi connectivity index (χ4v) is 3.83. The molecule has 0 radical (unpaired) electrons. The topological polar surface area (TPSA) is 60.9 Å². The van der Waals surface area contributed by atoms with Gasteiger partial charge in [-0.05, 0) is 37.6 Å². The molecule has 0 spiro atoms. The molecule has 20 heavy (non-hydrogen) atoms. The zero-order chi connectivity index (χ0) is 14.8. The Balaban J connectivity index is 2.07. The highest BCUT2D eigenvalue weighted by Gasteiger charge is 2.29. The number of phenolic OH excluding ortho intramolecular Hbond substituents is 1. The number of rotatable bonds is 4. The van der Waals surface area contributed by atoms with Crippen LogP contribution in [-0.4, -0.2) is 55.0 Å². The number of phenols is 1. The molecule has 5 nitrogen and oxygen atoms in total. The number of nitrogens with zero attached hydrogens (tertiary/aromatic N) is 2. The first-order valence-electron chi connectivity index (χ1n) is 6.98. The van der Waals surface area contributed by atoms with Crippen LogP contribution >= 0.6 is 0 Å². The Labute approximate surface area is 120 Å². The van der Waals surface area contributed by atoms with E-state index >= 15 is 0 Å². The van der Waals surface area contributed by atoms with E-state index in [4.69, 9.17) is 0 Å². The lowest BCUT2D eigenvalue weighted by Gasteiger charge is -2.37. The van der Waals surface area contributed by atoms with Crippen LogP contribution in [0.15, 0.2) is 29.2 Å². The van der Waals surface area contributed by atoms with Gasteiger partial charge in [-0.3, -0.25) is 4.90 Å². The van der Waals surface area contributed by atoms with Gasteiger partial charge in [0.2, 0.25) is 10.0 Å². The van der Waals surface area contributed by atoms with Crippen molar-refractivity contribution in [1.29, 1.82) is 0 Å². The average Bonchev–Trinajstić information content (AvgIpc) is 2.47. The summed E-state index contributed by atoms with van der Waals surface area (Å²) in [7, 11) is -3.44. The van der Waals surface area contributed by atoms with Gasteiger partial charge in [0.1, 0.15) is 5.75 Å². The van der Waals surface area contributed by atoms with Crippen LogP contribution in [0, 0.1) is 0 Å². The van der Waals surface area contributed by atoms with E-state index in [2.05, 4.69) is 18.7 Å². The van der Waals surface area contributed by atoms with Crippen molar-refractivity contribution in [2.45, 2.75) is 31.2 Å². The number of sulfonamides is 1. The van der Waals surface area contributed by atoms with Crippen molar-refractivity contribution >= 4 is 10.0 Å². The molecule has 0 aromatic heterocycles. The second kappa shape index (κ2) is 6.11. The molecule has 1 saturated heterocycles. The molecule has 0 aliphatic carbocycles. The van der Waals surface area contributed by atoms with E-state index in [0.717, 1.165) is 19.5 Å². The zero-order valence-electron chi connectivity index (χ0n) is 12.0. The molecule has 1 aliphatic heterocycles. The third-order valence-electron chi connectivity index (χ3n) is 3.96. The zero-order valence-corrected chi connectivity index (χ0v) is 12.8. The molecule has 6 heteroatoms.